The van der Waals surface area contributed by atoms with Gasteiger partial charge in [-0.2, -0.15) is 0 Å². The molecule has 4 nitrogen and oxygen atoms in total. The molecule has 0 aromatic heterocycles. The Morgan fingerprint density at radius 3 is 1.26 bits per heavy atom. The predicted octanol–water partition coefficient (Wildman–Crippen LogP) is 16.5. The largest absolute Gasteiger partial charge is 0.481 e. The summed E-state index contributed by atoms with van der Waals surface area (Å²) < 4.78 is 6.01. The molecule has 0 saturated carbocycles. The van der Waals surface area contributed by atoms with Crippen molar-refractivity contribution in [3.05, 3.63) is 60.8 Å². The van der Waals surface area contributed by atoms with Crippen molar-refractivity contribution in [3.8, 4) is 0 Å². The zero-order chi connectivity index (χ0) is 39.3. The zero-order valence-electron chi connectivity index (χ0n) is 35.8. The van der Waals surface area contributed by atoms with E-state index in [0.29, 0.717) is 6.42 Å². The van der Waals surface area contributed by atoms with Gasteiger partial charge in [0.2, 0.25) is 0 Å². The third-order valence-electron chi connectivity index (χ3n) is 10.2. The number of unbranched alkanes of at least 4 members (excludes halogenated alkanes) is 23. The summed E-state index contributed by atoms with van der Waals surface area (Å²) in [5.74, 6) is -0.729. The van der Waals surface area contributed by atoms with E-state index in [9.17, 15) is 9.59 Å². The summed E-state index contributed by atoms with van der Waals surface area (Å²) in [4.78, 5) is 23.5. The van der Waals surface area contributed by atoms with Crippen LogP contribution in [0.2, 0.25) is 0 Å². The van der Waals surface area contributed by atoms with Crippen LogP contribution in [0.4, 0.5) is 0 Å². The van der Waals surface area contributed by atoms with Crippen molar-refractivity contribution in [2.75, 3.05) is 0 Å². The number of hydrogen-bond donors (Lipinski definition) is 1. The molecule has 0 amide bonds. The molecular formula is C50H88O4. The van der Waals surface area contributed by atoms with Crippen LogP contribution in [0.3, 0.4) is 0 Å². The summed E-state index contributed by atoms with van der Waals surface area (Å²) in [6.07, 6.45) is 62.6. The minimum atomic E-state index is -0.708. The van der Waals surface area contributed by atoms with Gasteiger partial charge in [-0.25, -0.2) is 0 Å². The first-order valence-corrected chi connectivity index (χ1v) is 23.3. The van der Waals surface area contributed by atoms with E-state index in [1.807, 2.05) is 0 Å². The van der Waals surface area contributed by atoms with Crippen molar-refractivity contribution in [2.45, 2.75) is 245 Å². The van der Waals surface area contributed by atoms with E-state index in [2.05, 4.69) is 74.6 Å². The molecule has 0 bridgehead atoms. The quantitative estimate of drug-likeness (QED) is 0.0383. The minimum absolute atomic E-state index is 0.0133. The first-order valence-electron chi connectivity index (χ1n) is 23.3. The fourth-order valence-electron chi connectivity index (χ4n) is 6.82. The van der Waals surface area contributed by atoms with Gasteiger partial charge in [0.15, 0.2) is 0 Å². The van der Waals surface area contributed by atoms with Gasteiger partial charge in [0.25, 0.3) is 0 Å². The average Bonchev–Trinajstić information content (AvgIpc) is 3.16. The van der Waals surface area contributed by atoms with Crippen LogP contribution >= 0.6 is 0 Å². The molecular weight excluding hydrogens is 665 g/mol. The standard InChI is InChI=1S/C50H88O4/c1-3-5-7-9-11-13-15-17-19-20-21-22-23-24-26-28-30-32-34-39-43-47-50(53)54-48(45-41-37-35-38-42-46-49(51)52)44-40-36-33-31-29-27-25-18-16-14-12-10-8-6-4-2/h6,8,12,14,18,20-21,25,29,31,48H,3-5,7,9-11,13,15-17,19,22-24,26-28,30,32-47H2,1-2H3,(H,51,52)/b8-6-,14-12-,21-20-,25-18-,31-29-. The summed E-state index contributed by atoms with van der Waals surface area (Å²) in [7, 11) is 0. The monoisotopic (exact) mass is 753 g/mol. The Morgan fingerprint density at radius 2 is 0.778 bits per heavy atom. The molecule has 1 N–H and O–H groups in total. The van der Waals surface area contributed by atoms with Crippen molar-refractivity contribution < 1.29 is 19.4 Å². The lowest BCUT2D eigenvalue weighted by molar-refractivity contribution is -0.150. The molecule has 0 radical (unpaired) electrons. The van der Waals surface area contributed by atoms with E-state index < -0.39 is 5.97 Å². The Balaban J connectivity index is 4.03. The number of carbonyl (C=O) groups is 2. The van der Waals surface area contributed by atoms with Gasteiger partial charge >= 0.3 is 11.9 Å². The summed E-state index contributed by atoms with van der Waals surface area (Å²) in [5, 5.41) is 8.85. The first kappa shape index (κ1) is 51.6. The molecule has 0 aliphatic heterocycles. The normalized spacial score (nSPS) is 12.8. The Morgan fingerprint density at radius 1 is 0.426 bits per heavy atom. The molecule has 0 heterocycles. The topological polar surface area (TPSA) is 63.6 Å². The highest BCUT2D eigenvalue weighted by Crippen LogP contribution is 2.18. The van der Waals surface area contributed by atoms with Gasteiger partial charge in [-0.3, -0.25) is 9.59 Å². The number of esters is 1. The molecule has 1 unspecified atom stereocenters. The molecule has 4 heteroatoms. The fourth-order valence-corrected chi connectivity index (χ4v) is 6.82. The summed E-state index contributed by atoms with van der Waals surface area (Å²) in [5.41, 5.74) is 0. The number of rotatable bonds is 42. The summed E-state index contributed by atoms with van der Waals surface area (Å²) in [6, 6.07) is 0. The highest BCUT2D eigenvalue weighted by Gasteiger charge is 2.14. The lowest BCUT2D eigenvalue weighted by Gasteiger charge is -2.18. The van der Waals surface area contributed by atoms with E-state index in [0.717, 1.165) is 103 Å². The number of allylic oxidation sites excluding steroid dienone is 10. The van der Waals surface area contributed by atoms with Crippen molar-refractivity contribution in [1.82, 2.24) is 0 Å². The molecule has 54 heavy (non-hydrogen) atoms. The number of carboxylic acid groups (broad SMARTS) is 1. The van der Waals surface area contributed by atoms with Crippen LogP contribution in [-0.2, 0) is 14.3 Å². The molecule has 0 fully saturated rings. The second kappa shape index (κ2) is 45.0. The van der Waals surface area contributed by atoms with Crippen LogP contribution in [0.25, 0.3) is 0 Å². The maximum Gasteiger partial charge on any atom is 0.306 e. The van der Waals surface area contributed by atoms with Gasteiger partial charge in [-0.1, -0.05) is 184 Å². The third-order valence-corrected chi connectivity index (χ3v) is 10.2. The van der Waals surface area contributed by atoms with Gasteiger partial charge in [-0.15, -0.1) is 0 Å². The second-order valence-electron chi connectivity index (χ2n) is 15.6. The molecule has 1 atom stereocenters. The smallest absolute Gasteiger partial charge is 0.306 e. The molecule has 0 aromatic carbocycles. The van der Waals surface area contributed by atoms with E-state index in [1.54, 1.807) is 0 Å². The number of ether oxygens (including phenoxy) is 1. The van der Waals surface area contributed by atoms with E-state index in [4.69, 9.17) is 9.84 Å². The van der Waals surface area contributed by atoms with Crippen molar-refractivity contribution in [3.63, 3.8) is 0 Å². The van der Waals surface area contributed by atoms with Crippen molar-refractivity contribution in [1.29, 1.82) is 0 Å². The van der Waals surface area contributed by atoms with E-state index in [-0.39, 0.29) is 18.5 Å². The zero-order valence-corrected chi connectivity index (χ0v) is 35.8. The van der Waals surface area contributed by atoms with Gasteiger partial charge < -0.3 is 9.84 Å². The molecule has 0 aromatic rings. The van der Waals surface area contributed by atoms with Crippen molar-refractivity contribution in [2.24, 2.45) is 0 Å². The van der Waals surface area contributed by atoms with Crippen LogP contribution in [0.5, 0.6) is 0 Å². The van der Waals surface area contributed by atoms with Gasteiger partial charge in [-0.05, 0) is 103 Å². The summed E-state index contributed by atoms with van der Waals surface area (Å²) >= 11 is 0. The number of carboxylic acids is 1. The minimum Gasteiger partial charge on any atom is -0.481 e. The van der Waals surface area contributed by atoms with Crippen LogP contribution in [-0.4, -0.2) is 23.1 Å². The van der Waals surface area contributed by atoms with Crippen molar-refractivity contribution >= 4 is 11.9 Å². The molecule has 0 saturated heterocycles. The lowest BCUT2D eigenvalue weighted by Crippen LogP contribution is -2.18. The van der Waals surface area contributed by atoms with Crippen LogP contribution < -0.4 is 0 Å². The molecule has 0 spiro atoms. The van der Waals surface area contributed by atoms with Crippen LogP contribution in [0.15, 0.2) is 60.8 Å². The molecule has 0 aliphatic carbocycles. The van der Waals surface area contributed by atoms with Gasteiger partial charge in [0.05, 0.1) is 0 Å². The van der Waals surface area contributed by atoms with Gasteiger partial charge in [0.1, 0.15) is 6.10 Å². The maximum absolute atomic E-state index is 12.7. The average molecular weight is 753 g/mol. The SMILES string of the molecule is CC/C=C\C/C=C\C/C=C\C/C=C\CCCCC(CCCCCCCC(=O)O)OC(=O)CCCCCCCCCCC/C=C\CCCCCCCCCC. The maximum atomic E-state index is 12.7. The second-order valence-corrected chi connectivity index (χ2v) is 15.6. The summed E-state index contributed by atoms with van der Waals surface area (Å²) in [6.45, 7) is 4.45. The van der Waals surface area contributed by atoms with E-state index >= 15 is 0 Å². The number of hydrogen-bond acceptors (Lipinski definition) is 3. The third kappa shape index (κ3) is 44.0. The fraction of sp³-hybridized carbons (Fsp3) is 0.760. The van der Waals surface area contributed by atoms with Gasteiger partial charge in [0, 0.05) is 12.8 Å². The predicted molar refractivity (Wildman–Crippen MR) is 236 cm³/mol. The Hall–Kier alpha value is -2.36. The molecule has 0 rings (SSSR count). The lowest BCUT2D eigenvalue weighted by atomic mass is 10.0. The highest BCUT2D eigenvalue weighted by atomic mass is 16.5. The van der Waals surface area contributed by atoms with E-state index in [1.165, 1.54) is 109 Å². The molecule has 312 valence electrons. The van der Waals surface area contributed by atoms with Crippen LogP contribution in [0.1, 0.15) is 239 Å². The number of aliphatic carboxylic acids is 1. The Kier molecular flexibility index (Phi) is 43.1. The number of carbonyl (C=O) groups excluding carboxylic acids is 1. The van der Waals surface area contributed by atoms with Crippen LogP contribution in [0, 0.1) is 0 Å². The Labute approximate surface area is 335 Å². The Bertz CT molecular complexity index is 942. The highest BCUT2D eigenvalue weighted by molar-refractivity contribution is 5.69. The molecule has 0 aliphatic rings. The first-order chi connectivity index (χ1) is 26.6.